The third-order valence-electron chi connectivity index (χ3n) is 2.32. The summed E-state index contributed by atoms with van der Waals surface area (Å²) in [6, 6.07) is 10.7. The predicted molar refractivity (Wildman–Crippen MR) is 60.1 cm³/mol. The highest BCUT2D eigenvalue weighted by molar-refractivity contribution is 5.93. The molecule has 0 atom stereocenters. The summed E-state index contributed by atoms with van der Waals surface area (Å²) in [5.41, 5.74) is 0.390. The molecule has 0 aliphatic rings. The Morgan fingerprint density at radius 3 is 2.69 bits per heavy atom. The van der Waals surface area contributed by atoms with Crippen LogP contribution in [0.2, 0.25) is 0 Å². The van der Waals surface area contributed by atoms with Gasteiger partial charge in [0.15, 0.2) is 0 Å². The molecule has 2 aromatic carbocycles. The molecule has 0 aliphatic heterocycles. The van der Waals surface area contributed by atoms with Crippen LogP contribution in [0.5, 0.6) is 5.75 Å². The molecule has 3 heteroatoms. The first-order valence-corrected chi connectivity index (χ1v) is 4.78. The molecule has 0 unspecified atom stereocenters. The highest BCUT2D eigenvalue weighted by atomic mass is 16.4. The Hall–Kier alpha value is -2.29. The average Bonchev–Trinajstić information content (AvgIpc) is 2.28. The molecule has 0 bridgehead atoms. The van der Waals surface area contributed by atoms with E-state index in [-0.39, 0.29) is 5.75 Å². The van der Waals surface area contributed by atoms with Crippen LogP contribution in [0.15, 0.2) is 42.5 Å². The van der Waals surface area contributed by atoms with E-state index in [1.54, 1.807) is 24.3 Å². The fourth-order valence-electron chi connectivity index (χ4n) is 1.55. The van der Waals surface area contributed by atoms with Crippen molar-refractivity contribution < 1.29 is 15.0 Å². The smallest absolute Gasteiger partial charge is 0.328 e. The second-order valence-electron chi connectivity index (χ2n) is 3.38. The molecule has 0 aliphatic carbocycles. The van der Waals surface area contributed by atoms with Gasteiger partial charge in [0.05, 0.1) is 0 Å². The van der Waals surface area contributed by atoms with Gasteiger partial charge in [-0.1, -0.05) is 42.1 Å². The molecule has 0 radical (unpaired) electrons. The van der Waals surface area contributed by atoms with Crippen LogP contribution in [0.1, 0.15) is 5.56 Å². The van der Waals surface area contributed by atoms with Gasteiger partial charge in [0.2, 0.25) is 0 Å². The molecular weight excluding hydrogens is 204 g/mol. The highest BCUT2D eigenvalue weighted by Crippen LogP contribution is 2.26. The number of benzene rings is 2. The maximum absolute atomic E-state index is 11.9. The predicted octanol–water partition coefficient (Wildman–Crippen LogP) is 2.01. The van der Waals surface area contributed by atoms with Crippen molar-refractivity contribution in [3.63, 3.8) is 0 Å². The summed E-state index contributed by atoms with van der Waals surface area (Å²) in [5.74, 6) is -1.21. The van der Waals surface area contributed by atoms with E-state index in [0.717, 1.165) is 11.5 Å². The third-order valence-corrected chi connectivity index (χ3v) is 2.32. The van der Waals surface area contributed by atoms with Crippen molar-refractivity contribution in [1.29, 1.82) is 0 Å². The van der Waals surface area contributed by atoms with Gasteiger partial charge in [0, 0.05) is 6.08 Å². The fourth-order valence-corrected chi connectivity index (χ4v) is 1.55. The molecule has 0 saturated heterocycles. The van der Waals surface area contributed by atoms with Crippen molar-refractivity contribution >= 4 is 22.8 Å². The van der Waals surface area contributed by atoms with Gasteiger partial charge in [-0.3, -0.25) is 0 Å². The van der Waals surface area contributed by atoms with Gasteiger partial charge >= 0.3 is 5.97 Å². The van der Waals surface area contributed by atoms with Crippen molar-refractivity contribution in [3.8, 4) is 5.75 Å². The van der Waals surface area contributed by atoms with E-state index < -0.39 is 5.97 Å². The van der Waals surface area contributed by atoms with E-state index in [2.05, 4.69) is 0 Å². The van der Waals surface area contributed by atoms with E-state index >= 15 is 0 Å². The summed E-state index contributed by atoms with van der Waals surface area (Å²) in [6.07, 6.45) is 2.28. The number of carboxylic acid groups (broad SMARTS) is 1. The molecule has 0 amide bonds. The number of hydrogen-bond acceptors (Lipinski definition) is 2. The standard InChI is InChI=1S/C13H10O3/c14-12(15)8-7-10-6-5-9-3-1-2-4-11(9)13(10)16/h1-8,16H,(H,14,15)/p-1/b8-7+. The molecule has 0 spiro atoms. The van der Waals surface area contributed by atoms with Gasteiger partial charge in [0.25, 0.3) is 0 Å². The molecule has 2 rings (SSSR count). The summed E-state index contributed by atoms with van der Waals surface area (Å²) in [4.78, 5) is 10.4. The first-order chi connectivity index (χ1) is 7.68. The molecule has 1 N–H and O–H groups in total. The molecule has 3 nitrogen and oxygen atoms in total. The lowest BCUT2D eigenvalue weighted by atomic mass is 10.1. The first-order valence-electron chi connectivity index (χ1n) is 4.78. The van der Waals surface area contributed by atoms with Crippen molar-refractivity contribution in [1.82, 2.24) is 0 Å². The Bertz CT molecular complexity index is 570. The number of hydrogen-bond donors (Lipinski definition) is 1. The maximum atomic E-state index is 11.9. The van der Waals surface area contributed by atoms with Crippen molar-refractivity contribution in [3.05, 3.63) is 48.0 Å². The van der Waals surface area contributed by atoms with Crippen molar-refractivity contribution in [2.75, 3.05) is 0 Å². The topological polar surface area (TPSA) is 60.4 Å². The first kappa shape index (κ1) is 10.2. The number of aliphatic carboxylic acids is 1. The minimum atomic E-state index is -1.06. The SMILES string of the molecule is O=C(O)/C=C/c1ccc2ccccc2c1[O-]. The molecular formula is C13H9O3-. The van der Waals surface area contributed by atoms with Gasteiger partial charge in [0.1, 0.15) is 0 Å². The van der Waals surface area contributed by atoms with Crippen LogP contribution in [0.4, 0.5) is 0 Å². The Balaban J connectivity index is 2.56. The summed E-state index contributed by atoms with van der Waals surface area (Å²) in [6.45, 7) is 0. The molecule has 2 aromatic rings. The van der Waals surface area contributed by atoms with E-state index in [1.165, 1.54) is 6.08 Å². The summed E-state index contributed by atoms with van der Waals surface area (Å²) in [5, 5.41) is 21.9. The largest absolute Gasteiger partial charge is 0.872 e. The van der Waals surface area contributed by atoms with Gasteiger partial charge < -0.3 is 10.2 Å². The fraction of sp³-hybridized carbons (Fsp3) is 0. The molecule has 80 valence electrons. The van der Waals surface area contributed by atoms with E-state index in [1.807, 2.05) is 12.1 Å². The summed E-state index contributed by atoms with van der Waals surface area (Å²) in [7, 11) is 0. The van der Waals surface area contributed by atoms with Gasteiger partial charge in [-0.15, -0.1) is 0 Å². The summed E-state index contributed by atoms with van der Waals surface area (Å²) >= 11 is 0. The maximum Gasteiger partial charge on any atom is 0.328 e. The lowest BCUT2D eigenvalue weighted by Crippen LogP contribution is -1.95. The minimum Gasteiger partial charge on any atom is -0.872 e. The number of carbonyl (C=O) groups is 1. The highest BCUT2D eigenvalue weighted by Gasteiger charge is 1.97. The quantitative estimate of drug-likeness (QED) is 0.776. The Labute approximate surface area is 92.3 Å². The normalized spacial score (nSPS) is 11.0. The van der Waals surface area contributed by atoms with Crippen LogP contribution >= 0.6 is 0 Å². The van der Waals surface area contributed by atoms with Crippen molar-refractivity contribution in [2.45, 2.75) is 0 Å². The van der Waals surface area contributed by atoms with Crippen LogP contribution in [-0.4, -0.2) is 11.1 Å². The van der Waals surface area contributed by atoms with E-state index in [4.69, 9.17) is 5.11 Å². The van der Waals surface area contributed by atoms with Crippen LogP contribution in [0.3, 0.4) is 0 Å². The Morgan fingerprint density at radius 1 is 1.19 bits per heavy atom. The monoisotopic (exact) mass is 213 g/mol. The van der Waals surface area contributed by atoms with Gasteiger partial charge in [-0.05, 0) is 22.4 Å². The molecule has 16 heavy (non-hydrogen) atoms. The lowest BCUT2D eigenvalue weighted by molar-refractivity contribution is -0.266. The van der Waals surface area contributed by atoms with Gasteiger partial charge in [-0.2, -0.15) is 0 Å². The van der Waals surface area contributed by atoms with Crippen LogP contribution in [-0.2, 0) is 4.79 Å². The van der Waals surface area contributed by atoms with E-state index in [0.29, 0.717) is 10.9 Å². The Morgan fingerprint density at radius 2 is 1.94 bits per heavy atom. The Kier molecular flexibility index (Phi) is 2.60. The lowest BCUT2D eigenvalue weighted by Gasteiger charge is -2.14. The van der Waals surface area contributed by atoms with Crippen LogP contribution in [0.25, 0.3) is 16.8 Å². The summed E-state index contributed by atoms with van der Waals surface area (Å²) < 4.78 is 0. The van der Waals surface area contributed by atoms with Crippen molar-refractivity contribution in [2.24, 2.45) is 0 Å². The average molecular weight is 213 g/mol. The second-order valence-corrected chi connectivity index (χ2v) is 3.38. The van der Waals surface area contributed by atoms with Gasteiger partial charge in [-0.25, -0.2) is 4.79 Å². The molecule has 0 saturated carbocycles. The zero-order valence-corrected chi connectivity index (χ0v) is 8.38. The minimum absolute atomic E-state index is 0.143. The number of fused-ring (bicyclic) bond motifs is 1. The molecule has 0 fully saturated rings. The number of rotatable bonds is 2. The molecule has 0 heterocycles. The third kappa shape index (κ3) is 1.88. The second kappa shape index (κ2) is 4.06. The van der Waals surface area contributed by atoms with Crippen LogP contribution < -0.4 is 5.11 Å². The zero-order chi connectivity index (χ0) is 11.5. The number of carboxylic acids is 1. The van der Waals surface area contributed by atoms with Crippen LogP contribution in [0, 0.1) is 0 Å². The zero-order valence-electron chi connectivity index (χ0n) is 8.38. The van der Waals surface area contributed by atoms with E-state index in [9.17, 15) is 9.90 Å². The molecule has 0 aromatic heterocycles.